The van der Waals surface area contributed by atoms with E-state index in [0.717, 1.165) is 11.8 Å². The molecule has 4 rings (SSSR count). The van der Waals surface area contributed by atoms with Crippen LogP contribution in [0.15, 0.2) is 79.5 Å². The summed E-state index contributed by atoms with van der Waals surface area (Å²) in [5, 5.41) is 16.5. The number of nitrogens with zero attached hydrogens (tertiary/aromatic N) is 5. The Kier molecular flexibility index (Phi) is 5.99. The Morgan fingerprint density at radius 3 is 2.77 bits per heavy atom. The smallest absolute Gasteiger partial charge is 0.320 e. The van der Waals surface area contributed by atoms with Crippen LogP contribution in [0.2, 0.25) is 0 Å². The van der Waals surface area contributed by atoms with E-state index in [0.29, 0.717) is 16.6 Å². The lowest BCUT2D eigenvalue weighted by Crippen LogP contribution is -2.36. The summed E-state index contributed by atoms with van der Waals surface area (Å²) in [4.78, 5) is 22.8. The van der Waals surface area contributed by atoms with Gasteiger partial charge in [0.05, 0.1) is 12.0 Å². The van der Waals surface area contributed by atoms with Crippen LogP contribution in [0.3, 0.4) is 0 Å². The molecule has 3 heterocycles. The van der Waals surface area contributed by atoms with Gasteiger partial charge in [-0.25, -0.2) is 9.98 Å². The number of amidine groups is 1. The predicted molar refractivity (Wildman–Crippen MR) is 115 cm³/mol. The molecule has 31 heavy (non-hydrogen) atoms. The molecule has 1 aliphatic rings. The van der Waals surface area contributed by atoms with Gasteiger partial charge in [0.25, 0.3) is 12.1 Å². The summed E-state index contributed by atoms with van der Waals surface area (Å²) < 4.78 is 11.9. The first-order valence-corrected chi connectivity index (χ1v) is 10.5. The lowest BCUT2D eigenvalue weighted by Gasteiger charge is -2.18. The van der Waals surface area contributed by atoms with Gasteiger partial charge < -0.3 is 9.52 Å². The molecule has 0 N–H and O–H groups in total. The zero-order valence-electron chi connectivity index (χ0n) is 16.8. The average molecular weight is 437 g/mol. The van der Waals surface area contributed by atoms with Gasteiger partial charge in [-0.1, -0.05) is 30.0 Å². The number of amides is 1. The van der Waals surface area contributed by atoms with Crippen LogP contribution in [0.5, 0.6) is 0 Å². The van der Waals surface area contributed by atoms with Crippen molar-refractivity contribution in [2.45, 2.75) is 19.9 Å². The number of hydrogen-bond acceptors (Lipinski definition) is 8. The SMILES string of the molecule is CC(C)[n+]1cc(/N=C(/[O-])CSC2=N/C(=C/c3ccco3)C(=O)N2c2ccccc2)on1. The molecule has 0 saturated carbocycles. The van der Waals surface area contributed by atoms with E-state index >= 15 is 0 Å². The van der Waals surface area contributed by atoms with Gasteiger partial charge in [-0.15, -0.1) is 0 Å². The van der Waals surface area contributed by atoms with Gasteiger partial charge in [0.15, 0.2) is 11.2 Å². The average Bonchev–Trinajstić information content (AvgIpc) is 3.49. The Hall–Kier alpha value is -3.66. The molecule has 1 aromatic carbocycles. The number of hydrogen-bond donors (Lipinski definition) is 0. The topological polar surface area (TPSA) is 111 Å². The van der Waals surface area contributed by atoms with Crippen molar-refractivity contribution in [2.75, 3.05) is 10.7 Å². The van der Waals surface area contributed by atoms with Gasteiger partial charge in [-0.3, -0.25) is 14.2 Å². The summed E-state index contributed by atoms with van der Waals surface area (Å²) >= 11 is 1.12. The van der Waals surface area contributed by atoms with Crippen LogP contribution in [-0.4, -0.2) is 28.0 Å². The first-order valence-electron chi connectivity index (χ1n) is 9.50. The van der Waals surface area contributed by atoms with E-state index in [-0.39, 0.29) is 29.3 Å². The highest BCUT2D eigenvalue weighted by Crippen LogP contribution is 2.29. The molecule has 0 spiro atoms. The monoisotopic (exact) mass is 437 g/mol. The fourth-order valence-electron chi connectivity index (χ4n) is 2.73. The zero-order valence-corrected chi connectivity index (χ0v) is 17.7. The molecule has 158 valence electrons. The third-order valence-electron chi connectivity index (χ3n) is 4.23. The van der Waals surface area contributed by atoms with Crippen LogP contribution in [0.1, 0.15) is 25.6 Å². The van der Waals surface area contributed by atoms with Crippen LogP contribution in [0.25, 0.3) is 6.08 Å². The number of anilines is 1. The minimum Gasteiger partial charge on any atom is -0.861 e. The normalized spacial score (nSPS) is 15.9. The predicted octanol–water partition coefficient (Wildman–Crippen LogP) is 2.70. The largest absolute Gasteiger partial charge is 0.861 e. The number of thioether (sulfide) groups is 1. The summed E-state index contributed by atoms with van der Waals surface area (Å²) in [6, 6.07) is 12.7. The molecule has 2 aromatic heterocycles. The van der Waals surface area contributed by atoms with E-state index in [9.17, 15) is 9.90 Å². The third-order valence-corrected chi connectivity index (χ3v) is 5.15. The minimum absolute atomic E-state index is 0.0220. The Balaban J connectivity index is 1.55. The molecule has 0 unspecified atom stereocenters. The number of furan rings is 1. The highest BCUT2D eigenvalue weighted by Gasteiger charge is 2.32. The van der Waals surface area contributed by atoms with Crippen molar-refractivity contribution in [3.05, 3.63) is 66.4 Å². The molecule has 10 heteroatoms. The minimum atomic E-state index is -0.427. The van der Waals surface area contributed by atoms with E-state index in [2.05, 4.69) is 15.3 Å². The highest BCUT2D eigenvalue weighted by atomic mass is 32.2. The summed E-state index contributed by atoms with van der Waals surface area (Å²) in [7, 11) is 0. The molecule has 3 aromatic rings. The number of para-hydroxylation sites is 1. The van der Waals surface area contributed by atoms with E-state index in [1.165, 1.54) is 11.2 Å². The Labute approximate surface area is 182 Å². The number of aromatic nitrogens is 2. The summed E-state index contributed by atoms with van der Waals surface area (Å²) in [5.41, 5.74) is 0.873. The zero-order chi connectivity index (χ0) is 21.8. The first kappa shape index (κ1) is 20.6. The van der Waals surface area contributed by atoms with Gasteiger partial charge in [-0.2, -0.15) is 0 Å². The van der Waals surface area contributed by atoms with Gasteiger partial charge in [-0.05, 0) is 48.7 Å². The van der Waals surface area contributed by atoms with Crippen LogP contribution in [-0.2, 0) is 4.79 Å². The second-order valence-electron chi connectivity index (χ2n) is 6.82. The molecule has 0 atom stereocenters. The molecule has 0 aliphatic carbocycles. The van der Waals surface area contributed by atoms with Crippen molar-refractivity contribution in [2.24, 2.45) is 9.98 Å². The molecule has 1 aliphatic heterocycles. The van der Waals surface area contributed by atoms with Gasteiger partial charge in [0, 0.05) is 11.8 Å². The van der Waals surface area contributed by atoms with Crippen molar-refractivity contribution < 1.29 is 23.5 Å². The summed E-state index contributed by atoms with van der Waals surface area (Å²) in [6.45, 7) is 3.87. The maximum Gasteiger partial charge on any atom is 0.320 e. The Bertz CT molecular complexity index is 1150. The van der Waals surface area contributed by atoms with Gasteiger partial charge in [0.1, 0.15) is 11.5 Å². The Morgan fingerprint density at radius 1 is 1.29 bits per heavy atom. The quantitative estimate of drug-likeness (QED) is 0.254. The maximum absolute atomic E-state index is 13.0. The fraction of sp³-hybridized carbons (Fsp3) is 0.190. The first-order chi connectivity index (χ1) is 15.0. The molecular weight excluding hydrogens is 418 g/mol. The standard InChI is InChI=1S/C21H19N5O4S/c1-14(2)25-12-19(30-24-25)23-18(27)13-31-21-22-17(11-16-9-6-10-29-16)20(28)26(21)15-7-4-3-5-8-15/h3-12,14H,13H2,1-2H3/b17-11+. The molecule has 0 bridgehead atoms. The third kappa shape index (κ3) is 4.75. The van der Waals surface area contributed by atoms with E-state index in [1.807, 2.05) is 32.0 Å². The number of carbonyl (C=O) groups is 1. The highest BCUT2D eigenvalue weighted by molar-refractivity contribution is 8.14. The number of benzene rings is 1. The molecule has 0 saturated heterocycles. The number of rotatable bonds is 6. The van der Waals surface area contributed by atoms with E-state index in [1.54, 1.807) is 41.2 Å². The van der Waals surface area contributed by atoms with Crippen molar-refractivity contribution >= 4 is 46.4 Å². The van der Waals surface area contributed by atoms with Crippen molar-refractivity contribution in [1.82, 2.24) is 5.27 Å². The molecule has 1 amide bonds. The van der Waals surface area contributed by atoms with Gasteiger partial charge in [0.2, 0.25) is 5.27 Å². The van der Waals surface area contributed by atoms with E-state index < -0.39 is 5.90 Å². The maximum atomic E-state index is 13.0. The summed E-state index contributed by atoms with van der Waals surface area (Å²) in [6.07, 6.45) is 4.65. The van der Waals surface area contributed by atoms with Crippen molar-refractivity contribution in [3.8, 4) is 0 Å². The number of carbonyl (C=O) groups excluding carboxylic acids is 1. The molecule has 9 nitrogen and oxygen atoms in total. The lowest BCUT2D eigenvalue weighted by atomic mass is 10.2. The molecule has 0 fully saturated rings. The van der Waals surface area contributed by atoms with Crippen molar-refractivity contribution in [1.29, 1.82) is 0 Å². The van der Waals surface area contributed by atoms with Gasteiger partial charge >= 0.3 is 5.88 Å². The summed E-state index contributed by atoms with van der Waals surface area (Å²) in [5.74, 6) is -0.110. The van der Waals surface area contributed by atoms with Crippen molar-refractivity contribution in [3.63, 3.8) is 0 Å². The fourth-order valence-corrected chi connectivity index (χ4v) is 3.53. The number of aliphatic imine (C=N–C) groups is 2. The second-order valence-corrected chi connectivity index (χ2v) is 7.77. The van der Waals surface area contributed by atoms with Crippen LogP contribution in [0, 0.1) is 0 Å². The lowest BCUT2D eigenvalue weighted by molar-refractivity contribution is -0.779. The second kappa shape index (κ2) is 9.00. The molecule has 0 radical (unpaired) electrons. The van der Waals surface area contributed by atoms with Crippen LogP contribution >= 0.6 is 11.8 Å². The molecular formula is C21H19N5O4S. The Morgan fingerprint density at radius 2 is 2.10 bits per heavy atom. The van der Waals surface area contributed by atoms with Crippen LogP contribution < -0.4 is 14.7 Å². The van der Waals surface area contributed by atoms with Crippen LogP contribution in [0.4, 0.5) is 11.6 Å². The van der Waals surface area contributed by atoms with E-state index in [4.69, 9.17) is 8.94 Å².